The lowest BCUT2D eigenvalue weighted by molar-refractivity contribution is -0.161. The largest absolute Gasteiger partial charge is 0.472 e. The number of carbonyl (C=O) groups is 4. The standard InChI is InChI=1S/C87H170O17P2/c1-9-80(8)66-58-50-42-37-38-44-52-60-68-85(90)98-74-83(104-87(92)70-62-54-46-36-30-24-18-21-27-33-41-49-57-65-79(6)7)76-102-106(95,96)100-72-81(88)71-99-105(93,94)101-75-82(73-97-84(89)67-59-51-43-34-28-22-17-16-20-26-32-40-48-56-64-78(4)5)103-86(91)69-61-53-45-35-29-23-15-13-11-10-12-14-19-25-31-39-47-55-63-77(2)3/h77-83,88H,9-76H2,1-8H3,(H,93,94)(H,95,96)/t80?,81-,82-,83-/m1/s1. The highest BCUT2D eigenvalue weighted by molar-refractivity contribution is 7.47. The molecule has 6 atom stereocenters. The molecule has 0 bridgehead atoms. The summed E-state index contributed by atoms with van der Waals surface area (Å²) in [5, 5.41) is 10.7. The van der Waals surface area contributed by atoms with Crippen molar-refractivity contribution in [2.24, 2.45) is 23.7 Å². The fourth-order valence-corrected chi connectivity index (χ4v) is 15.0. The van der Waals surface area contributed by atoms with E-state index in [-0.39, 0.29) is 25.7 Å². The fourth-order valence-electron chi connectivity index (χ4n) is 13.5. The van der Waals surface area contributed by atoms with Crippen LogP contribution in [0.4, 0.5) is 0 Å². The second-order valence-electron chi connectivity index (χ2n) is 33.0. The molecular formula is C87H170O17P2. The molecule has 630 valence electrons. The third-order valence-corrected chi connectivity index (χ3v) is 22.6. The van der Waals surface area contributed by atoms with Crippen molar-refractivity contribution in [3.8, 4) is 0 Å². The lowest BCUT2D eigenvalue weighted by Crippen LogP contribution is -2.30. The van der Waals surface area contributed by atoms with Gasteiger partial charge in [0.15, 0.2) is 12.2 Å². The third-order valence-electron chi connectivity index (χ3n) is 20.7. The summed E-state index contributed by atoms with van der Waals surface area (Å²) in [6.45, 7) is 14.4. The van der Waals surface area contributed by atoms with E-state index in [1.54, 1.807) is 0 Å². The third kappa shape index (κ3) is 78.7. The van der Waals surface area contributed by atoms with E-state index in [0.717, 1.165) is 114 Å². The Kier molecular flexibility index (Phi) is 74.3. The van der Waals surface area contributed by atoms with Gasteiger partial charge in [0.2, 0.25) is 0 Å². The molecule has 0 aliphatic carbocycles. The summed E-state index contributed by atoms with van der Waals surface area (Å²) < 4.78 is 69.0. The predicted octanol–water partition coefficient (Wildman–Crippen LogP) is 26.3. The molecule has 3 unspecified atom stereocenters. The van der Waals surface area contributed by atoms with E-state index in [4.69, 9.17) is 37.0 Å². The summed E-state index contributed by atoms with van der Waals surface area (Å²) in [4.78, 5) is 73.3. The van der Waals surface area contributed by atoms with Gasteiger partial charge in [-0.15, -0.1) is 0 Å². The van der Waals surface area contributed by atoms with E-state index in [1.165, 1.54) is 257 Å². The van der Waals surface area contributed by atoms with Gasteiger partial charge in [0, 0.05) is 25.7 Å². The second kappa shape index (κ2) is 75.7. The molecule has 0 aliphatic heterocycles. The van der Waals surface area contributed by atoms with Gasteiger partial charge in [0.25, 0.3) is 0 Å². The lowest BCUT2D eigenvalue weighted by Gasteiger charge is -2.21. The van der Waals surface area contributed by atoms with Gasteiger partial charge < -0.3 is 33.8 Å². The molecule has 0 aromatic rings. The first-order chi connectivity index (χ1) is 51.1. The number of carbonyl (C=O) groups excluding carboxylic acids is 4. The van der Waals surface area contributed by atoms with Crippen molar-refractivity contribution in [3.05, 3.63) is 0 Å². The highest BCUT2D eigenvalue weighted by atomic mass is 31.2. The molecule has 0 radical (unpaired) electrons. The summed E-state index contributed by atoms with van der Waals surface area (Å²) in [7, 11) is -9.93. The van der Waals surface area contributed by atoms with Gasteiger partial charge in [-0.1, -0.05) is 402 Å². The number of aliphatic hydroxyl groups excluding tert-OH is 1. The Balaban J connectivity index is 5.26. The fraction of sp³-hybridized carbons (Fsp3) is 0.954. The van der Waals surface area contributed by atoms with Crippen molar-refractivity contribution in [3.63, 3.8) is 0 Å². The highest BCUT2D eigenvalue weighted by Crippen LogP contribution is 2.45. The molecule has 0 saturated heterocycles. The van der Waals surface area contributed by atoms with Crippen molar-refractivity contribution in [1.29, 1.82) is 0 Å². The molecule has 0 aromatic heterocycles. The van der Waals surface area contributed by atoms with Crippen LogP contribution in [-0.4, -0.2) is 96.7 Å². The lowest BCUT2D eigenvalue weighted by atomic mass is 9.99. The van der Waals surface area contributed by atoms with Crippen molar-refractivity contribution >= 4 is 39.5 Å². The summed E-state index contributed by atoms with van der Waals surface area (Å²) >= 11 is 0. The minimum absolute atomic E-state index is 0.107. The van der Waals surface area contributed by atoms with Crippen LogP contribution in [0, 0.1) is 23.7 Å². The first-order valence-corrected chi connectivity index (χ1v) is 47.7. The highest BCUT2D eigenvalue weighted by Gasteiger charge is 2.31. The van der Waals surface area contributed by atoms with Crippen LogP contribution in [0.1, 0.15) is 453 Å². The molecule has 0 aliphatic rings. The zero-order valence-electron chi connectivity index (χ0n) is 70.1. The number of hydrogen-bond donors (Lipinski definition) is 3. The van der Waals surface area contributed by atoms with E-state index >= 15 is 0 Å². The quantitative estimate of drug-likeness (QED) is 0.0222. The molecule has 0 heterocycles. The molecule has 0 amide bonds. The summed E-state index contributed by atoms with van der Waals surface area (Å²) in [5.41, 5.74) is 0. The number of esters is 4. The zero-order valence-corrected chi connectivity index (χ0v) is 71.9. The topological polar surface area (TPSA) is 237 Å². The molecule has 0 rings (SSSR count). The number of hydrogen-bond acceptors (Lipinski definition) is 15. The van der Waals surface area contributed by atoms with Crippen LogP contribution in [0.25, 0.3) is 0 Å². The molecule has 3 N–H and O–H groups in total. The van der Waals surface area contributed by atoms with E-state index < -0.39 is 97.5 Å². The normalized spacial score (nSPS) is 14.2. The van der Waals surface area contributed by atoms with Crippen LogP contribution in [0.2, 0.25) is 0 Å². The molecular weight excluding hydrogens is 1380 g/mol. The average molecular weight is 1550 g/mol. The van der Waals surface area contributed by atoms with Gasteiger partial charge in [-0.2, -0.15) is 0 Å². The predicted molar refractivity (Wildman–Crippen MR) is 437 cm³/mol. The Hall–Kier alpha value is -1.94. The molecule has 0 saturated carbocycles. The Labute approximate surface area is 651 Å². The first kappa shape index (κ1) is 104. The SMILES string of the molecule is CCC(C)CCCCCCCCCCC(=O)OC[C@H](COP(=O)(O)OC[C@H](O)COP(=O)(O)OC[C@@H](COC(=O)CCCCCCCCCCCCCCCCC(C)C)OC(=O)CCCCCCCCCCCCCCCCCCCCC(C)C)OC(=O)CCCCCCCCCCCCCCCC(C)C. The number of aliphatic hydroxyl groups is 1. The van der Waals surface area contributed by atoms with Crippen LogP contribution in [-0.2, 0) is 65.4 Å². The maximum absolute atomic E-state index is 13.2. The van der Waals surface area contributed by atoms with Crippen LogP contribution in [0.5, 0.6) is 0 Å². The molecule has 0 aromatic carbocycles. The molecule has 0 spiro atoms. The first-order valence-electron chi connectivity index (χ1n) is 44.7. The Bertz CT molecular complexity index is 2060. The molecule has 19 heteroatoms. The Morgan fingerprint density at radius 1 is 0.264 bits per heavy atom. The average Bonchev–Trinajstić information content (AvgIpc) is 0.903. The molecule has 106 heavy (non-hydrogen) atoms. The molecule has 0 fully saturated rings. The van der Waals surface area contributed by atoms with Crippen LogP contribution < -0.4 is 0 Å². The van der Waals surface area contributed by atoms with E-state index in [0.29, 0.717) is 25.7 Å². The number of phosphoric acid groups is 2. The second-order valence-corrected chi connectivity index (χ2v) is 35.9. The van der Waals surface area contributed by atoms with E-state index in [9.17, 15) is 43.2 Å². The summed E-state index contributed by atoms with van der Waals surface area (Å²) in [6.07, 6.45) is 65.2. The zero-order chi connectivity index (χ0) is 78.1. The van der Waals surface area contributed by atoms with Crippen LogP contribution >= 0.6 is 15.6 Å². The number of unbranched alkanes of at least 4 members (excludes halogenated alkanes) is 49. The monoisotopic (exact) mass is 1550 g/mol. The number of phosphoric ester groups is 2. The summed E-state index contributed by atoms with van der Waals surface area (Å²) in [6, 6.07) is 0. The smallest absolute Gasteiger partial charge is 0.462 e. The van der Waals surface area contributed by atoms with Gasteiger partial charge in [-0.05, 0) is 49.4 Å². The van der Waals surface area contributed by atoms with Gasteiger partial charge >= 0.3 is 39.5 Å². The van der Waals surface area contributed by atoms with E-state index in [1.807, 2.05) is 0 Å². The molecule has 17 nitrogen and oxygen atoms in total. The van der Waals surface area contributed by atoms with Crippen LogP contribution in [0.15, 0.2) is 0 Å². The van der Waals surface area contributed by atoms with Crippen molar-refractivity contribution in [2.45, 2.75) is 472 Å². The minimum atomic E-state index is -4.97. The van der Waals surface area contributed by atoms with Gasteiger partial charge in [0.1, 0.15) is 19.3 Å². The minimum Gasteiger partial charge on any atom is -0.462 e. The number of rotatable bonds is 84. The Morgan fingerprint density at radius 3 is 0.670 bits per heavy atom. The van der Waals surface area contributed by atoms with Gasteiger partial charge in [-0.3, -0.25) is 37.3 Å². The number of ether oxygens (including phenoxy) is 4. The maximum Gasteiger partial charge on any atom is 0.472 e. The van der Waals surface area contributed by atoms with Crippen LogP contribution in [0.3, 0.4) is 0 Å². The Morgan fingerprint density at radius 2 is 0.453 bits per heavy atom. The van der Waals surface area contributed by atoms with Gasteiger partial charge in [0.05, 0.1) is 26.4 Å². The van der Waals surface area contributed by atoms with Crippen molar-refractivity contribution in [2.75, 3.05) is 39.6 Å². The van der Waals surface area contributed by atoms with Crippen molar-refractivity contribution in [1.82, 2.24) is 0 Å². The van der Waals surface area contributed by atoms with Crippen molar-refractivity contribution < 1.29 is 80.2 Å². The maximum atomic E-state index is 13.2. The van der Waals surface area contributed by atoms with Gasteiger partial charge in [-0.25, -0.2) is 9.13 Å². The van der Waals surface area contributed by atoms with E-state index in [2.05, 4.69) is 55.4 Å². The summed E-state index contributed by atoms with van der Waals surface area (Å²) in [5.74, 6) is 1.08.